The van der Waals surface area contributed by atoms with Crippen LogP contribution in [0.4, 0.5) is 0 Å². The van der Waals surface area contributed by atoms with Crippen LogP contribution in [-0.2, 0) is 4.79 Å². The van der Waals surface area contributed by atoms with Gasteiger partial charge in [-0.1, -0.05) is 18.2 Å². The third-order valence-corrected chi connectivity index (χ3v) is 3.01. The van der Waals surface area contributed by atoms with Gasteiger partial charge < -0.3 is 10.1 Å². The van der Waals surface area contributed by atoms with Gasteiger partial charge in [-0.2, -0.15) is 0 Å². The van der Waals surface area contributed by atoms with Gasteiger partial charge in [0.15, 0.2) is 0 Å². The molecular formula is C16H26N2O2. The standard InChI is InChI=1S/C16H26N2O2/c1-6-20-15-10-8-7-9-14(15)12(4)18-13(5)16(19)17-11(2)3/h7-13,18H,6H2,1-5H3,(H,17,19). The summed E-state index contributed by atoms with van der Waals surface area (Å²) in [4.78, 5) is 11.9. The van der Waals surface area contributed by atoms with Gasteiger partial charge in [0.25, 0.3) is 0 Å². The second-order valence-electron chi connectivity index (χ2n) is 5.24. The van der Waals surface area contributed by atoms with E-state index in [-0.39, 0.29) is 24.0 Å². The fraction of sp³-hybridized carbons (Fsp3) is 0.562. The molecule has 0 saturated heterocycles. The number of ether oxygens (including phenoxy) is 1. The smallest absolute Gasteiger partial charge is 0.237 e. The van der Waals surface area contributed by atoms with E-state index in [0.717, 1.165) is 11.3 Å². The topological polar surface area (TPSA) is 50.4 Å². The second-order valence-corrected chi connectivity index (χ2v) is 5.24. The first-order valence-corrected chi connectivity index (χ1v) is 7.23. The van der Waals surface area contributed by atoms with Gasteiger partial charge in [0.1, 0.15) is 5.75 Å². The van der Waals surface area contributed by atoms with Gasteiger partial charge in [-0.05, 0) is 40.7 Å². The minimum Gasteiger partial charge on any atom is -0.494 e. The van der Waals surface area contributed by atoms with E-state index in [0.29, 0.717) is 6.61 Å². The summed E-state index contributed by atoms with van der Waals surface area (Å²) in [7, 11) is 0. The minimum absolute atomic E-state index is 0.0146. The zero-order valence-corrected chi connectivity index (χ0v) is 13.1. The number of nitrogens with one attached hydrogen (secondary N) is 2. The van der Waals surface area contributed by atoms with Gasteiger partial charge in [0.05, 0.1) is 12.6 Å². The van der Waals surface area contributed by atoms with Gasteiger partial charge in [-0.15, -0.1) is 0 Å². The third-order valence-electron chi connectivity index (χ3n) is 3.01. The van der Waals surface area contributed by atoms with Gasteiger partial charge in [-0.25, -0.2) is 0 Å². The molecule has 0 spiro atoms. The number of para-hydroxylation sites is 1. The van der Waals surface area contributed by atoms with E-state index in [4.69, 9.17) is 4.74 Å². The highest BCUT2D eigenvalue weighted by Gasteiger charge is 2.18. The molecule has 4 nitrogen and oxygen atoms in total. The van der Waals surface area contributed by atoms with Crippen LogP contribution in [0.3, 0.4) is 0 Å². The van der Waals surface area contributed by atoms with Gasteiger partial charge in [-0.3, -0.25) is 10.1 Å². The lowest BCUT2D eigenvalue weighted by molar-refractivity contribution is -0.123. The van der Waals surface area contributed by atoms with Crippen molar-refractivity contribution in [2.45, 2.75) is 52.7 Å². The zero-order valence-electron chi connectivity index (χ0n) is 13.1. The summed E-state index contributed by atoms with van der Waals surface area (Å²) < 4.78 is 5.62. The predicted molar refractivity (Wildman–Crippen MR) is 81.9 cm³/mol. The SMILES string of the molecule is CCOc1ccccc1C(C)NC(C)C(=O)NC(C)C. The van der Waals surface area contributed by atoms with Crippen molar-refractivity contribution < 1.29 is 9.53 Å². The normalized spacial score (nSPS) is 13.9. The summed E-state index contributed by atoms with van der Waals surface area (Å²) in [5, 5.41) is 6.21. The van der Waals surface area contributed by atoms with Crippen LogP contribution in [0.2, 0.25) is 0 Å². The molecule has 0 aliphatic heterocycles. The molecule has 20 heavy (non-hydrogen) atoms. The number of carbonyl (C=O) groups excluding carboxylic acids is 1. The molecule has 0 radical (unpaired) electrons. The van der Waals surface area contributed by atoms with Crippen LogP contribution in [0.15, 0.2) is 24.3 Å². The fourth-order valence-corrected chi connectivity index (χ4v) is 2.08. The molecule has 1 rings (SSSR count). The van der Waals surface area contributed by atoms with Crippen molar-refractivity contribution in [3.63, 3.8) is 0 Å². The highest BCUT2D eigenvalue weighted by Crippen LogP contribution is 2.25. The molecule has 1 amide bonds. The third kappa shape index (κ3) is 4.85. The highest BCUT2D eigenvalue weighted by atomic mass is 16.5. The van der Waals surface area contributed by atoms with Crippen LogP contribution in [0.1, 0.15) is 46.2 Å². The molecule has 0 fully saturated rings. The van der Waals surface area contributed by atoms with Crippen molar-refractivity contribution >= 4 is 5.91 Å². The molecule has 0 saturated carbocycles. The number of amides is 1. The Morgan fingerprint density at radius 3 is 2.45 bits per heavy atom. The van der Waals surface area contributed by atoms with Crippen molar-refractivity contribution in [1.82, 2.24) is 10.6 Å². The molecule has 0 aromatic heterocycles. The Labute approximate surface area is 121 Å². The highest BCUT2D eigenvalue weighted by molar-refractivity contribution is 5.81. The zero-order chi connectivity index (χ0) is 15.1. The Balaban J connectivity index is 2.71. The van der Waals surface area contributed by atoms with Crippen LogP contribution in [-0.4, -0.2) is 24.6 Å². The maximum Gasteiger partial charge on any atom is 0.237 e. The van der Waals surface area contributed by atoms with Gasteiger partial charge >= 0.3 is 0 Å². The molecule has 0 aliphatic carbocycles. The molecule has 0 aliphatic rings. The van der Waals surface area contributed by atoms with Crippen LogP contribution in [0, 0.1) is 0 Å². The number of rotatable bonds is 7. The Morgan fingerprint density at radius 2 is 1.85 bits per heavy atom. The number of benzene rings is 1. The molecule has 1 aromatic carbocycles. The summed E-state index contributed by atoms with van der Waals surface area (Å²) in [5.41, 5.74) is 1.07. The summed E-state index contributed by atoms with van der Waals surface area (Å²) in [6.07, 6.45) is 0. The van der Waals surface area contributed by atoms with E-state index in [9.17, 15) is 4.79 Å². The Hall–Kier alpha value is -1.55. The monoisotopic (exact) mass is 278 g/mol. The Morgan fingerprint density at radius 1 is 1.20 bits per heavy atom. The average Bonchev–Trinajstić information content (AvgIpc) is 2.38. The van der Waals surface area contributed by atoms with Crippen LogP contribution in [0.5, 0.6) is 5.75 Å². The molecule has 2 atom stereocenters. The van der Waals surface area contributed by atoms with Crippen molar-refractivity contribution in [1.29, 1.82) is 0 Å². The Kier molecular flexibility index (Phi) is 6.52. The first kappa shape index (κ1) is 16.5. The van der Waals surface area contributed by atoms with Crippen molar-refractivity contribution in [2.24, 2.45) is 0 Å². The minimum atomic E-state index is -0.248. The molecule has 4 heteroatoms. The molecule has 0 heterocycles. The lowest BCUT2D eigenvalue weighted by Crippen LogP contribution is -2.45. The largest absolute Gasteiger partial charge is 0.494 e. The fourth-order valence-electron chi connectivity index (χ4n) is 2.08. The summed E-state index contributed by atoms with van der Waals surface area (Å²) in [6, 6.07) is 7.86. The summed E-state index contributed by atoms with van der Waals surface area (Å²) >= 11 is 0. The molecule has 2 unspecified atom stereocenters. The van der Waals surface area contributed by atoms with E-state index in [2.05, 4.69) is 10.6 Å². The van der Waals surface area contributed by atoms with Crippen molar-refractivity contribution in [3.8, 4) is 5.75 Å². The average molecular weight is 278 g/mol. The Bertz CT molecular complexity index is 432. The van der Waals surface area contributed by atoms with E-state index in [1.54, 1.807) is 0 Å². The first-order chi connectivity index (χ1) is 9.45. The lowest BCUT2D eigenvalue weighted by atomic mass is 10.1. The number of carbonyl (C=O) groups is 1. The summed E-state index contributed by atoms with van der Waals surface area (Å²) in [6.45, 7) is 10.4. The summed E-state index contributed by atoms with van der Waals surface area (Å²) in [5.74, 6) is 0.882. The second kappa shape index (κ2) is 7.90. The first-order valence-electron chi connectivity index (χ1n) is 7.23. The van der Waals surface area contributed by atoms with E-state index in [1.165, 1.54) is 0 Å². The van der Waals surface area contributed by atoms with E-state index >= 15 is 0 Å². The molecule has 2 N–H and O–H groups in total. The number of hydrogen-bond acceptors (Lipinski definition) is 3. The van der Waals surface area contributed by atoms with E-state index < -0.39 is 0 Å². The van der Waals surface area contributed by atoms with Crippen LogP contribution >= 0.6 is 0 Å². The van der Waals surface area contributed by atoms with E-state index in [1.807, 2.05) is 58.9 Å². The van der Waals surface area contributed by atoms with Gasteiger partial charge in [0.2, 0.25) is 5.91 Å². The molecule has 112 valence electrons. The quantitative estimate of drug-likeness (QED) is 0.806. The molecule has 1 aromatic rings. The van der Waals surface area contributed by atoms with Crippen molar-refractivity contribution in [3.05, 3.63) is 29.8 Å². The maximum absolute atomic E-state index is 11.9. The lowest BCUT2D eigenvalue weighted by Gasteiger charge is -2.22. The van der Waals surface area contributed by atoms with Gasteiger partial charge in [0, 0.05) is 17.6 Å². The predicted octanol–water partition coefficient (Wildman–Crippen LogP) is 2.65. The van der Waals surface area contributed by atoms with Crippen LogP contribution in [0.25, 0.3) is 0 Å². The number of hydrogen-bond donors (Lipinski definition) is 2. The molecular weight excluding hydrogens is 252 g/mol. The van der Waals surface area contributed by atoms with Crippen LogP contribution < -0.4 is 15.4 Å². The molecule has 0 bridgehead atoms. The van der Waals surface area contributed by atoms with Crippen molar-refractivity contribution in [2.75, 3.05) is 6.61 Å². The maximum atomic E-state index is 11.9.